The fourth-order valence-electron chi connectivity index (χ4n) is 3.40. The van der Waals surface area contributed by atoms with Crippen molar-refractivity contribution >= 4 is 12.0 Å². The predicted octanol–water partition coefficient (Wildman–Crippen LogP) is 3.06. The summed E-state index contributed by atoms with van der Waals surface area (Å²) in [6.07, 6.45) is 4.46. The van der Waals surface area contributed by atoms with Crippen LogP contribution in [0, 0.1) is 11.3 Å². The third kappa shape index (κ3) is 4.21. The van der Waals surface area contributed by atoms with Crippen LogP contribution in [-0.4, -0.2) is 32.8 Å². The number of amides is 1. The second-order valence-electron chi connectivity index (χ2n) is 6.46. The van der Waals surface area contributed by atoms with Gasteiger partial charge in [-0.3, -0.25) is 4.79 Å². The highest BCUT2D eigenvalue weighted by Gasteiger charge is 2.37. The van der Waals surface area contributed by atoms with Crippen LogP contribution >= 0.6 is 0 Å². The molecule has 1 aromatic heterocycles. The number of nitrogens with one attached hydrogen (secondary N) is 1. The van der Waals surface area contributed by atoms with Gasteiger partial charge in [-0.1, -0.05) is 18.2 Å². The monoisotopic (exact) mass is 366 g/mol. The predicted molar refractivity (Wildman–Crippen MR) is 100 cm³/mol. The average molecular weight is 366 g/mol. The molecule has 1 N–H and O–H groups in total. The minimum absolute atomic E-state index is 0.00665. The first-order valence-corrected chi connectivity index (χ1v) is 8.83. The molecule has 0 atom stereocenters. The van der Waals surface area contributed by atoms with E-state index in [0.717, 1.165) is 24.2 Å². The Morgan fingerprint density at radius 3 is 2.74 bits per heavy atom. The second kappa shape index (κ2) is 8.56. The van der Waals surface area contributed by atoms with E-state index >= 15 is 0 Å². The normalized spacial score (nSPS) is 16.4. The van der Waals surface area contributed by atoms with Gasteiger partial charge in [0, 0.05) is 36.8 Å². The summed E-state index contributed by atoms with van der Waals surface area (Å²) in [6.45, 7) is 1.62. The summed E-state index contributed by atoms with van der Waals surface area (Å²) in [5.41, 5.74) is 0.753. The van der Waals surface area contributed by atoms with Crippen LogP contribution in [0.4, 0.5) is 0 Å². The number of methoxy groups -OCH3 is 1. The first kappa shape index (κ1) is 18.7. The number of rotatable bonds is 6. The molecular formula is C21H22N2O4. The largest absolute Gasteiger partial charge is 0.496 e. The van der Waals surface area contributed by atoms with Crippen LogP contribution in [0.2, 0.25) is 0 Å². The molecule has 6 nitrogen and oxygen atoms in total. The topological polar surface area (TPSA) is 84.5 Å². The number of furan rings is 1. The molecule has 0 aliphatic carbocycles. The Labute approximate surface area is 158 Å². The third-order valence-corrected chi connectivity index (χ3v) is 4.91. The van der Waals surface area contributed by atoms with Crippen molar-refractivity contribution < 1.29 is 18.7 Å². The second-order valence-corrected chi connectivity index (χ2v) is 6.46. The smallest absolute Gasteiger partial charge is 0.262 e. The Morgan fingerprint density at radius 1 is 1.30 bits per heavy atom. The van der Waals surface area contributed by atoms with Crippen molar-refractivity contribution in [2.45, 2.75) is 18.3 Å². The van der Waals surface area contributed by atoms with Crippen molar-refractivity contribution in [1.29, 1.82) is 5.26 Å². The fourth-order valence-corrected chi connectivity index (χ4v) is 3.40. The zero-order valence-electron chi connectivity index (χ0n) is 15.2. The van der Waals surface area contributed by atoms with Gasteiger partial charge in [0.2, 0.25) is 0 Å². The highest BCUT2D eigenvalue weighted by Crippen LogP contribution is 2.39. The zero-order valence-corrected chi connectivity index (χ0v) is 15.2. The van der Waals surface area contributed by atoms with Crippen molar-refractivity contribution in [3.8, 4) is 11.8 Å². The van der Waals surface area contributed by atoms with E-state index in [0.29, 0.717) is 25.5 Å². The van der Waals surface area contributed by atoms with Gasteiger partial charge in [-0.2, -0.15) is 5.26 Å². The number of hydrogen-bond acceptors (Lipinski definition) is 5. The molecule has 1 fully saturated rings. The van der Waals surface area contributed by atoms with Crippen molar-refractivity contribution in [3.05, 3.63) is 59.6 Å². The van der Waals surface area contributed by atoms with Gasteiger partial charge in [0.05, 0.1) is 13.4 Å². The van der Waals surface area contributed by atoms with Crippen LogP contribution in [0.15, 0.2) is 52.7 Å². The van der Waals surface area contributed by atoms with Crippen molar-refractivity contribution in [2.75, 3.05) is 26.9 Å². The van der Waals surface area contributed by atoms with Crippen molar-refractivity contribution in [3.63, 3.8) is 0 Å². The number of para-hydroxylation sites is 1. The third-order valence-electron chi connectivity index (χ3n) is 4.91. The summed E-state index contributed by atoms with van der Waals surface area (Å²) in [7, 11) is 1.64. The molecule has 140 valence electrons. The van der Waals surface area contributed by atoms with Gasteiger partial charge in [0.1, 0.15) is 23.2 Å². The van der Waals surface area contributed by atoms with Gasteiger partial charge >= 0.3 is 0 Å². The standard InChI is InChI=1S/C21H22N2O4/c1-25-19-7-3-2-6-18(19)21(8-11-26-12-9-21)15-23-20(24)16(14-22)13-17-5-4-10-27-17/h2-7,10,13H,8-9,11-12,15H2,1H3,(H,23,24)/b16-13-. The van der Waals surface area contributed by atoms with E-state index in [1.165, 1.54) is 12.3 Å². The van der Waals surface area contributed by atoms with Gasteiger partial charge in [-0.25, -0.2) is 0 Å². The maximum atomic E-state index is 12.6. The molecule has 3 rings (SSSR count). The SMILES string of the molecule is COc1ccccc1C1(CNC(=O)/C(C#N)=C\c2ccco2)CCOCC1. The fraction of sp³-hybridized carbons (Fsp3) is 0.333. The lowest BCUT2D eigenvalue weighted by molar-refractivity contribution is -0.117. The van der Waals surface area contributed by atoms with E-state index in [1.807, 2.05) is 30.3 Å². The van der Waals surface area contributed by atoms with Gasteiger partial charge in [-0.05, 0) is 31.0 Å². The van der Waals surface area contributed by atoms with Crippen LogP contribution in [0.5, 0.6) is 5.75 Å². The lowest BCUT2D eigenvalue weighted by atomic mass is 9.73. The molecule has 1 aliphatic rings. The summed E-state index contributed by atoms with van der Waals surface area (Å²) < 4.78 is 16.3. The van der Waals surface area contributed by atoms with Crippen LogP contribution in [0.25, 0.3) is 6.08 Å². The maximum absolute atomic E-state index is 12.6. The van der Waals surface area contributed by atoms with E-state index in [-0.39, 0.29) is 11.0 Å². The first-order chi connectivity index (χ1) is 13.2. The van der Waals surface area contributed by atoms with Gasteiger partial charge < -0.3 is 19.2 Å². The van der Waals surface area contributed by atoms with E-state index in [9.17, 15) is 10.1 Å². The molecule has 2 heterocycles. The molecule has 6 heteroatoms. The summed E-state index contributed by atoms with van der Waals surface area (Å²) in [6, 6.07) is 13.2. The summed E-state index contributed by atoms with van der Waals surface area (Å²) in [4.78, 5) is 12.6. The molecule has 1 saturated heterocycles. The highest BCUT2D eigenvalue weighted by molar-refractivity contribution is 6.01. The number of benzene rings is 1. The molecule has 0 radical (unpaired) electrons. The van der Waals surface area contributed by atoms with Crippen LogP contribution in [0.3, 0.4) is 0 Å². The van der Waals surface area contributed by atoms with Crippen molar-refractivity contribution in [2.24, 2.45) is 0 Å². The van der Waals surface area contributed by atoms with E-state index in [4.69, 9.17) is 13.9 Å². The number of nitriles is 1. The number of ether oxygens (including phenoxy) is 2. The van der Waals surface area contributed by atoms with Crippen LogP contribution in [-0.2, 0) is 14.9 Å². The lowest BCUT2D eigenvalue weighted by Gasteiger charge is -2.38. The zero-order chi connectivity index (χ0) is 19.1. The number of hydrogen-bond donors (Lipinski definition) is 1. The Kier molecular flexibility index (Phi) is 5.94. The minimum atomic E-state index is -0.422. The summed E-state index contributed by atoms with van der Waals surface area (Å²) >= 11 is 0. The molecule has 0 unspecified atom stereocenters. The quantitative estimate of drug-likeness (QED) is 0.627. The molecule has 0 bridgehead atoms. The summed E-state index contributed by atoms with van der Waals surface area (Å²) in [5, 5.41) is 12.3. The number of nitrogens with zero attached hydrogens (tertiary/aromatic N) is 1. The van der Waals surface area contributed by atoms with Gasteiger partial charge in [-0.15, -0.1) is 0 Å². The molecule has 2 aromatic rings. The number of carbonyl (C=O) groups is 1. The molecule has 1 aliphatic heterocycles. The minimum Gasteiger partial charge on any atom is -0.496 e. The molecule has 0 saturated carbocycles. The maximum Gasteiger partial charge on any atom is 0.262 e. The van der Waals surface area contributed by atoms with Crippen LogP contribution < -0.4 is 10.1 Å². The van der Waals surface area contributed by atoms with Crippen molar-refractivity contribution in [1.82, 2.24) is 5.32 Å². The molecular weight excluding hydrogens is 344 g/mol. The Hall–Kier alpha value is -3.04. The highest BCUT2D eigenvalue weighted by atomic mass is 16.5. The molecule has 0 spiro atoms. The first-order valence-electron chi connectivity index (χ1n) is 8.83. The van der Waals surface area contributed by atoms with Gasteiger partial charge in [0.25, 0.3) is 5.91 Å². The van der Waals surface area contributed by atoms with Crippen LogP contribution in [0.1, 0.15) is 24.2 Å². The van der Waals surface area contributed by atoms with E-state index in [1.54, 1.807) is 19.2 Å². The molecule has 1 amide bonds. The number of carbonyl (C=O) groups excluding carboxylic acids is 1. The Morgan fingerprint density at radius 2 is 2.07 bits per heavy atom. The molecule has 27 heavy (non-hydrogen) atoms. The van der Waals surface area contributed by atoms with Gasteiger partial charge in [0.15, 0.2) is 0 Å². The van der Waals surface area contributed by atoms with E-state index < -0.39 is 5.91 Å². The average Bonchev–Trinajstić information content (AvgIpc) is 3.24. The molecule has 1 aromatic carbocycles. The summed E-state index contributed by atoms with van der Waals surface area (Å²) in [5.74, 6) is 0.835. The Balaban J connectivity index is 1.81. The van der Waals surface area contributed by atoms with E-state index in [2.05, 4.69) is 5.32 Å². The lowest BCUT2D eigenvalue weighted by Crippen LogP contribution is -2.45. The Bertz CT molecular complexity index is 843.